The van der Waals surface area contributed by atoms with Crippen LogP contribution in [0, 0.1) is 23.7 Å². The highest BCUT2D eigenvalue weighted by molar-refractivity contribution is 5.30. The molecule has 4 aromatic carbocycles. The van der Waals surface area contributed by atoms with Gasteiger partial charge in [-0.2, -0.15) is 0 Å². The molecule has 0 spiro atoms. The Hall–Kier alpha value is -4.08. The maximum absolute atomic E-state index is 9.88. The van der Waals surface area contributed by atoms with E-state index in [1.807, 2.05) is 36.4 Å². The summed E-state index contributed by atoms with van der Waals surface area (Å²) in [6.45, 7) is 0.344. The fourth-order valence-corrected chi connectivity index (χ4v) is 6.42. The second-order valence-electron chi connectivity index (χ2n) is 12.6. The Kier molecular flexibility index (Phi) is 16.8. The smallest absolute Gasteiger partial charge is 0.115 e. The standard InChI is InChI=1S/2C20H26O4/c2*21-9-3-6-17(10-15-4-1-7-19(23)12-15)18(14-22)11-16-5-2-8-20(24)13-16/h2*1-2,4-5,7-8,12-13,17-18,21-24H,3,6,9-11,14H2/t2*17-,18+/m10/s1. The van der Waals surface area contributed by atoms with Crippen molar-refractivity contribution in [2.75, 3.05) is 26.4 Å². The molecule has 0 aliphatic rings. The highest BCUT2D eigenvalue weighted by atomic mass is 16.3. The number of rotatable bonds is 18. The maximum atomic E-state index is 9.88. The molecule has 0 amide bonds. The van der Waals surface area contributed by atoms with Crippen molar-refractivity contribution in [2.45, 2.75) is 51.4 Å². The van der Waals surface area contributed by atoms with Gasteiger partial charge in [0.25, 0.3) is 0 Å². The lowest BCUT2D eigenvalue weighted by molar-refractivity contribution is 0.158. The Morgan fingerprint density at radius 3 is 0.875 bits per heavy atom. The Labute approximate surface area is 284 Å². The molecule has 0 unspecified atom stereocenters. The lowest BCUT2D eigenvalue weighted by atomic mass is 9.80. The molecule has 0 radical (unpaired) electrons. The van der Waals surface area contributed by atoms with Crippen molar-refractivity contribution in [3.8, 4) is 23.0 Å². The lowest BCUT2D eigenvalue weighted by Gasteiger charge is -2.26. The number of aliphatic hydroxyl groups excluding tert-OH is 4. The zero-order valence-corrected chi connectivity index (χ0v) is 27.6. The molecular formula is C40H52O8. The molecule has 260 valence electrons. The van der Waals surface area contributed by atoms with Crippen LogP contribution in [0.5, 0.6) is 23.0 Å². The summed E-state index contributed by atoms with van der Waals surface area (Å²) in [5.41, 5.74) is 4.01. The number of aromatic hydroxyl groups is 4. The Morgan fingerprint density at radius 2 is 0.646 bits per heavy atom. The van der Waals surface area contributed by atoms with E-state index in [2.05, 4.69) is 0 Å². The van der Waals surface area contributed by atoms with Crippen molar-refractivity contribution >= 4 is 0 Å². The summed E-state index contributed by atoms with van der Waals surface area (Å²) < 4.78 is 0. The van der Waals surface area contributed by atoms with Crippen molar-refractivity contribution in [3.63, 3.8) is 0 Å². The predicted octanol–water partition coefficient (Wildman–Crippen LogP) is 5.76. The molecule has 4 atom stereocenters. The lowest BCUT2D eigenvalue weighted by Crippen LogP contribution is -2.23. The summed E-state index contributed by atoms with van der Waals surface area (Å²) in [5, 5.41) is 76.6. The van der Waals surface area contributed by atoms with E-state index in [1.54, 1.807) is 60.7 Å². The molecule has 0 heterocycles. The van der Waals surface area contributed by atoms with Crippen LogP contribution in [0.4, 0.5) is 0 Å². The molecule has 0 saturated carbocycles. The maximum Gasteiger partial charge on any atom is 0.115 e. The van der Waals surface area contributed by atoms with E-state index in [-0.39, 0.29) is 73.1 Å². The number of phenolic OH excluding ortho intramolecular Hbond substituents is 4. The third-order valence-electron chi connectivity index (χ3n) is 8.90. The zero-order valence-electron chi connectivity index (χ0n) is 27.6. The second kappa shape index (κ2) is 21.0. The van der Waals surface area contributed by atoms with Gasteiger partial charge >= 0.3 is 0 Å². The van der Waals surface area contributed by atoms with Gasteiger partial charge in [-0.25, -0.2) is 0 Å². The number of aliphatic hydroxyl groups is 4. The molecule has 4 rings (SSSR count). The number of hydrogen-bond acceptors (Lipinski definition) is 8. The average molecular weight is 661 g/mol. The summed E-state index contributed by atoms with van der Waals surface area (Å²) in [4.78, 5) is 0. The summed E-state index contributed by atoms with van der Waals surface area (Å²) in [5.74, 6) is 1.36. The van der Waals surface area contributed by atoms with Gasteiger partial charge in [0.2, 0.25) is 0 Å². The van der Waals surface area contributed by atoms with Gasteiger partial charge in [-0.15, -0.1) is 0 Å². The first-order valence-corrected chi connectivity index (χ1v) is 16.8. The van der Waals surface area contributed by atoms with Crippen LogP contribution in [0.2, 0.25) is 0 Å². The Morgan fingerprint density at radius 1 is 0.375 bits per heavy atom. The molecular weight excluding hydrogens is 608 g/mol. The number of phenols is 4. The average Bonchev–Trinajstić information content (AvgIpc) is 3.07. The first-order chi connectivity index (χ1) is 23.2. The summed E-state index contributed by atoms with van der Waals surface area (Å²) in [6.07, 6.45) is 5.77. The minimum absolute atomic E-state index is 0.0284. The van der Waals surface area contributed by atoms with E-state index in [9.17, 15) is 40.9 Å². The van der Waals surface area contributed by atoms with Gasteiger partial charge in [0.1, 0.15) is 23.0 Å². The van der Waals surface area contributed by atoms with Crippen LogP contribution < -0.4 is 0 Å². The van der Waals surface area contributed by atoms with Gasteiger partial charge in [0, 0.05) is 26.4 Å². The highest BCUT2D eigenvalue weighted by Gasteiger charge is 2.23. The largest absolute Gasteiger partial charge is 0.508 e. The fraction of sp³-hybridized carbons (Fsp3) is 0.400. The Bertz CT molecular complexity index is 1360. The zero-order chi connectivity index (χ0) is 34.7. The molecule has 0 aliphatic heterocycles. The van der Waals surface area contributed by atoms with Crippen molar-refractivity contribution in [3.05, 3.63) is 119 Å². The van der Waals surface area contributed by atoms with Crippen LogP contribution in [0.3, 0.4) is 0 Å². The van der Waals surface area contributed by atoms with Crippen LogP contribution in [-0.2, 0) is 25.7 Å². The van der Waals surface area contributed by atoms with E-state index >= 15 is 0 Å². The van der Waals surface area contributed by atoms with Gasteiger partial charge < -0.3 is 40.9 Å². The van der Waals surface area contributed by atoms with Crippen molar-refractivity contribution < 1.29 is 40.9 Å². The molecule has 48 heavy (non-hydrogen) atoms. The monoisotopic (exact) mass is 660 g/mol. The highest BCUT2D eigenvalue weighted by Crippen LogP contribution is 2.29. The van der Waals surface area contributed by atoms with Crippen LogP contribution >= 0.6 is 0 Å². The van der Waals surface area contributed by atoms with Crippen molar-refractivity contribution in [1.29, 1.82) is 0 Å². The Balaban J connectivity index is 0.000000260. The van der Waals surface area contributed by atoms with Gasteiger partial charge in [0.05, 0.1) is 0 Å². The third-order valence-corrected chi connectivity index (χ3v) is 8.90. The number of hydrogen-bond donors (Lipinski definition) is 8. The van der Waals surface area contributed by atoms with Gasteiger partial charge in [-0.1, -0.05) is 48.5 Å². The molecule has 0 fully saturated rings. The molecule has 0 saturated heterocycles. The fourth-order valence-electron chi connectivity index (χ4n) is 6.42. The quantitative estimate of drug-likeness (QED) is 0.0668. The molecule has 8 nitrogen and oxygen atoms in total. The van der Waals surface area contributed by atoms with Crippen LogP contribution in [0.1, 0.15) is 47.9 Å². The topological polar surface area (TPSA) is 162 Å². The third kappa shape index (κ3) is 13.6. The van der Waals surface area contributed by atoms with Crippen molar-refractivity contribution in [1.82, 2.24) is 0 Å². The van der Waals surface area contributed by atoms with E-state index < -0.39 is 0 Å². The minimum atomic E-state index is 0.0284. The molecule has 0 aromatic heterocycles. The molecule has 0 bridgehead atoms. The molecule has 8 heteroatoms. The first-order valence-electron chi connectivity index (χ1n) is 16.8. The minimum Gasteiger partial charge on any atom is -0.508 e. The SMILES string of the molecule is OCCC[C@@H](Cc1cccc(O)c1)[C@@H](CO)Cc1cccc(O)c1.OCCC[C@H](Cc1cccc(O)c1)[C@H](CO)Cc1cccc(O)c1. The normalized spacial score (nSPS) is 13.6. The molecule has 4 aromatic rings. The summed E-state index contributed by atoms with van der Waals surface area (Å²) in [6, 6.07) is 28.5. The van der Waals surface area contributed by atoms with Crippen LogP contribution in [-0.4, -0.2) is 67.3 Å². The second-order valence-corrected chi connectivity index (χ2v) is 12.6. The predicted molar refractivity (Wildman–Crippen MR) is 188 cm³/mol. The van der Waals surface area contributed by atoms with Gasteiger partial charge in [-0.05, 0) is 146 Å². The molecule has 0 aliphatic carbocycles. The van der Waals surface area contributed by atoms with Crippen LogP contribution in [0.15, 0.2) is 97.1 Å². The van der Waals surface area contributed by atoms with Gasteiger partial charge in [-0.3, -0.25) is 0 Å². The van der Waals surface area contributed by atoms with E-state index in [1.165, 1.54) is 0 Å². The number of benzene rings is 4. The van der Waals surface area contributed by atoms with E-state index in [0.29, 0.717) is 25.7 Å². The van der Waals surface area contributed by atoms with Gasteiger partial charge in [0.15, 0.2) is 0 Å². The summed E-state index contributed by atoms with van der Waals surface area (Å²) >= 11 is 0. The first kappa shape index (κ1) is 38.4. The van der Waals surface area contributed by atoms with E-state index in [4.69, 9.17) is 0 Å². The summed E-state index contributed by atoms with van der Waals surface area (Å²) in [7, 11) is 0. The van der Waals surface area contributed by atoms with Crippen molar-refractivity contribution in [2.24, 2.45) is 23.7 Å². The van der Waals surface area contributed by atoms with E-state index in [0.717, 1.165) is 47.9 Å². The molecule has 8 N–H and O–H groups in total. The van der Waals surface area contributed by atoms with Crippen LogP contribution in [0.25, 0.3) is 0 Å².